The minimum atomic E-state index is -4.47. The van der Waals surface area contributed by atoms with Crippen molar-refractivity contribution in [2.75, 3.05) is 0 Å². The maximum absolute atomic E-state index is 13.0. The largest absolute Gasteiger partial charge is 0.433 e. The Balaban J connectivity index is 1.67. The van der Waals surface area contributed by atoms with Gasteiger partial charge in [-0.05, 0) is 31.9 Å². The molecule has 1 aromatic heterocycles. The van der Waals surface area contributed by atoms with Crippen molar-refractivity contribution >= 4 is 22.6 Å². The quantitative estimate of drug-likeness (QED) is 0.797. The van der Waals surface area contributed by atoms with Crippen LogP contribution in [0.25, 0.3) is 4.91 Å². The van der Waals surface area contributed by atoms with Crippen LogP contribution < -0.4 is 5.32 Å². The second-order valence-corrected chi connectivity index (χ2v) is 7.77. The summed E-state index contributed by atoms with van der Waals surface area (Å²) >= 11 is 1.13. The van der Waals surface area contributed by atoms with Gasteiger partial charge < -0.3 is 5.32 Å². The lowest BCUT2D eigenvalue weighted by Crippen LogP contribution is -2.24. The number of allylic oxidation sites excluding steroid dienone is 2. The van der Waals surface area contributed by atoms with Gasteiger partial charge in [0.05, 0.1) is 10.6 Å². The smallest absolute Gasteiger partial charge is 0.348 e. The number of rotatable bonds is 4. The highest BCUT2D eigenvalue weighted by Gasteiger charge is 2.35. The lowest BCUT2D eigenvalue weighted by atomic mass is 10.1. The van der Waals surface area contributed by atoms with Gasteiger partial charge in [0.15, 0.2) is 0 Å². The molecule has 0 saturated heterocycles. The maximum atomic E-state index is 13.0. The van der Waals surface area contributed by atoms with E-state index in [9.17, 15) is 18.0 Å². The molecule has 1 aliphatic heterocycles. The zero-order valence-electron chi connectivity index (χ0n) is 15.7. The fraction of sp³-hybridized carbons (Fsp3) is 0.300. The summed E-state index contributed by atoms with van der Waals surface area (Å²) in [4.78, 5) is 13.5. The lowest BCUT2D eigenvalue weighted by molar-refractivity contribution is -0.143. The van der Waals surface area contributed by atoms with Crippen LogP contribution in [-0.2, 0) is 24.6 Å². The topological polar surface area (TPSA) is 46.9 Å². The number of carbonyl (C=O) groups is 1. The van der Waals surface area contributed by atoms with Gasteiger partial charge in [0.25, 0.3) is 5.91 Å². The number of aromatic nitrogens is 2. The van der Waals surface area contributed by atoms with Crippen molar-refractivity contribution in [2.24, 2.45) is 7.05 Å². The minimum absolute atomic E-state index is 0.215. The molecule has 28 heavy (non-hydrogen) atoms. The first kappa shape index (κ1) is 20.3. The van der Waals surface area contributed by atoms with E-state index in [1.165, 1.54) is 7.05 Å². The second-order valence-electron chi connectivity index (χ2n) is 6.69. The molecule has 1 aliphatic rings. The Labute approximate surface area is 165 Å². The molecule has 148 valence electrons. The molecule has 0 aliphatic carbocycles. The highest BCUT2D eigenvalue weighted by atomic mass is 32.2. The van der Waals surface area contributed by atoms with Crippen molar-refractivity contribution in [1.82, 2.24) is 15.1 Å². The molecule has 0 saturated carbocycles. The molecular weight excluding hydrogens is 387 g/mol. The van der Waals surface area contributed by atoms with Gasteiger partial charge >= 0.3 is 6.18 Å². The van der Waals surface area contributed by atoms with Crippen LogP contribution in [0.5, 0.6) is 0 Å². The first-order valence-corrected chi connectivity index (χ1v) is 9.50. The van der Waals surface area contributed by atoms with E-state index in [-0.39, 0.29) is 11.6 Å². The van der Waals surface area contributed by atoms with E-state index in [1.807, 2.05) is 26.0 Å². The molecule has 2 aromatic rings. The minimum Gasteiger partial charge on any atom is -0.348 e. The van der Waals surface area contributed by atoms with Crippen LogP contribution in [0, 0.1) is 13.8 Å². The molecule has 0 spiro atoms. The van der Waals surface area contributed by atoms with Gasteiger partial charge in [-0.25, -0.2) is 0 Å². The number of benzene rings is 1. The summed E-state index contributed by atoms with van der Waals surface area (Å²) in [6.07, 6.45) is -0.471. The summed E-state index contributed by atoms with van der Waals surface area (Å²) in [5, 5.41) is 6.83. The third kappa shape index (κ3) is 4.67. The van der Waals surface area contributed by atoms with Gasteiger partial charge in [-0.15, -0.1) is 0 Å². The summed E-state index contributed by atoms with van der Waals surface area (Å²) in [6.45, 7) is 4.38. The molecule has 3 rings (SSSR count). The van der Waals surface area contributed by atoms with E-state index < -0.39 is 11.9 Å². The Hall–Kier alpha value is -2.48. The maximum Gasteiger partial charge on any atom is 0.433 e. The normalized spacial score (nSPS) is 14.5. The van der Waals surface area contributed by atoms with Crippen molar-refractivity contribution in [3.63, 3.8) is 0 Å². The average molecular weight is 407 g/mol. The van der Waals surface area contributed by atoms with Crippen LogP contribution in [0.4, 0.5) is 13.2 Å². The number of hydrogen-bond acceptors (Lipinski definition) is 3. The predicted octanol–water partition coefficient (Wildman–Crippen LogP) is 4.73. The molecular formula is C20H20F3N3OS. The fourth-order valence-corrected chi connectivity index (χ4v) is 4.03. The number of thioether (sulfide) groups is 1. The lowest BCUT2D eigenvalue weighted by Gasteiger charge is -2.14. The molecule has 1 amide bonds. The average Bonchev–Trinajstić information content (AvgIpc) is 3.01. The van der Waals surface area contributed by atoms with Crippen molar-refractivity contribution in [2.45, 2.75) is 33.0 Å². The number of aryl methyl sites for hydroxylation is 3. The number of alkyl halides is 3. The Kier molecular flexibility index (Phi) is 5.69. The Bertz CT molecular complexity index is 953. The molecule has 1 aromatic carbocycles. The highest BCUT2D eigenvalue weighted by Crippen LogP contribution is 2.39. The Morgan fingerprint density at radius 3 is 2.46 bits per heavy atom. The molecule has 4 nitrogen and oxygen atoms in total. The van der Waals surface area contributed by atoms with Gasteiger partial charge in [-0.3, -0.25) is 9.48 Å². The Morgan fingerprint density at radius 2 is 1.86 bits per heavy atom. The van der Waals surface area contributed by atoms with E-state index in [0.29, 0.717) is 22.8 Å². The molecule has 0 unspecified atom stereocenters. The number of amides is 1. The van der Waals surface area contributed by atoms with Gasteiger partial charge in [0.2, 0.25) is 0 Å². The zero-order valence-corrected chi connectivity index (χ0v) is 16.5. The molecule has 0 atom stereocenters. The Morgan fingerprint density at radius 1 is 1.18 bits per heavy atom. The fourth-order valence-electron chi connectivity index (χ4n) is 3.06. The number of halogens is 3. The molecule has 0 fully saturated rings. The van der Waals surface area contributed by atoms with Gasteiger partial charge in [0.1, 0.15) is 5.69 Å². The number of nitrogens with zero attached hydrogens (tertiary/aromatic N) is 2. The first-order chi connectivity index (χ1) is 13.1. The number of carbonyl (C=O) groups excluding carboxylic acids is 1. The molecule has 2 heterocycles. The predicted molar refractivity (Wildman–Crippen MR) is 104 cm³/mol. The first-order valence-electron chi connectivity index (χ1n) is 8.68. The summed E-state index contributed by atoms with van der Waals surface area (Å²) in [7, 11) is 1.26. The van der Waals surface area contributed by atoms with E-state index in [2.05, 4.69) is 16.5 Å². The third-order valence-electron chi connectivity index (χ3n) is 4.21. The third-order valence-corrected chi connectivity index (χ3v) is 5.38. The van der Waals surface area contributed by atoms with Gasteiger partial charge in [0, 0.05) is 18.5 Å². The summed E-state index contributed by atoms with van der Waals surface area (Å²) in [5.74, 6) is -0.248. The SMILES string of the molecule is Cc1cc(C)cc(CNC(=O)C2=CCC=C(c3cc(C(F)(F)F)n(C)n3)S2)c1. The van der Waals surface area contributed by atoms with Crippen molar-refractivity contribution in [3.05, 3.63) is 69.4 Å². The summed E-state index contributed by atoms with van der Waals surface area (Å²) in [5.41, 5.74) is 2.64. The van der Waals surface area contributed by atoms with Crippen molar-refractivity contribution < 1.29 is 18.0 Å². The molecule has 0 bridgehead atoms. The molecule has 8 heteroatoms. The van der Waals surface area contributed by atoms with Crippen LogP contribution in [0.15, 0.2) is 41.3 Å². The number of hydrogen-bond donors (Lipinski definition) is 1. The van der Waals surface area contributed by atoms with E-state index in [1.54, 1.807) is 12.2 Å². The second kappa shape index (κ2) is 7.87. The standard InChI is InChI=1S/C20H20F3N3OS/c1-12-7-13(2)9-14(8-12)11-24-19(27)17-6-4-5-16(28-17)15-10-18(20(21,22)23)26(3)25-15/h5-10H,4,11H2,1-3H3,(H,24,27). The monoisotopic (exact) mass is 407 g/mol. The zero-order chi connectivity index (χ0) is 20.5. The van der Waals surface area contributed by atoms with Crippen LogP contribution >= 0.6 is 11.8 Å². The van der Waals surface area contributed by atoms with Crippen molar-refractivity contribution in [3.8, 4) is 0 Å². The summed E-state index contributed by atoms with van der Waals surface area (Å²) < 4.78 is 39.8. The van der Waals surface area contributed by atoms with E-state index >= 15 is 0 Å². The van der Waals surface area contributed by atoms with Crippen molar-refractivity contribution in [1.29, 1.82) is 0 Å². The number of nitrogens with one attached hydrogen (secondary N) is 1. The van der Waals surface area contributed by atoms with E-state index in [4.69, 9.17) is 0 Å². The molecule has 0 radical (unpaired) electrons. The van der Waals surface area contributed by atoms with Crippen LogP contribution in [0.3, 0.4) is 0 Å². The highest BCUT2D eigenvalue weighted by molar-refractivity contribution is 8.12. The van der Waals surface area contributed by atoms with Gasteiger partial charge in [-0.2, -0.15) is 18.3 Å². The van der Waals surface area contributed by atoms with Crippen LogP contribution in [0.2, 0.25) is 0 Å². The van der Waals surface area contributed by atoms with Crippen LogP contribution in [-0.4, -0.2) is 15.7 Å². The van der Waals surface area contributed by atoms with Crippen LogP contribution in [0.1, 0.15) is 34.5 Å². The summed E-state index contributed by atoms with van der Waals surface area (Å²) in [6, 6.07) is 7.08. The molecule has 1 N–H and O–H groups in total. The van der Waals surface area contributed by atoms with Gasteiger partial charge in [-0.1, -0.05) is 53.2 Å². The van der Waals surface area contributed by atoms with E-state index in [0.717, 1.165) is 39.2 Å².